The van der Waals surface area contributed by atoms with Gasteiger partial charge in [-0.25, -0.2) is 0 Å². The Morgan fingerprint density at radius 2 is 2.26 bits per heavy atom. The summed E-state index contributed by atoms with van der Waals surface area (Å²) in [5, 5.41) is 9.00. The number of hydrogen-bond acceptors (Lipinski definition) is 2. The van der Waals surface area contributed by atoms with Crippen LogP contribution in [0.5, 0.6) is 0 Å². The van der Waals surface area contributed by atoms with E-state index < -0.39 is 0 Å². The molecule has 0 aromatic heterocycles. The number of amides is 1. The maximum atomic E-state index is 12.1. The molecule has 1 unspecified atom stereocenters. The topological polar surface area (TPSA) is 40.5 Å². The number of hydrogen-bond donors (Lipinski definition) is 1. The Morgan fingerprint density at radius 3 is 3.00 bits per heavy atom. The molecular weight excluding hydrogens is 238 g/mol. The molecule has 0 bridgehead atoms. The molecule has 102 valence electrons. The van der Waals surface area contributed by atoms with Gasteiger partial charge < -0.3 is 10.0 Å². The van der Waals surface area contributed by atoms with Gasteiger partial charge in [-0.05, 0) is 42.9 Å². The third-order valence-corrected chi connectivity index (χ3v) is 3.73. The third-order valence-electron chi connectivity index (χ3n) is 3.73. The van der Waals surface area contributed by atoms with Crippen LogP contribution in [0.2, 0.25) is 0 Å². The van der Waals surface area contributed by atoms with E-state index in [1.54, 1.807) is 0 Å². The average Bonchev–Trinajstić information content (AvgIpc) is 2.47. The first-order valence-electron chi connectivity index (χ1n) is 6.89. The van der Waals surface area contributed by atoms with Crippen LogP contribution in [0, 0.1) is 0 Å². The summed E-state index contributed by atoms with van der Waals surface area (Å²) in [6.07, 6.45) is 5.15. The van der Waals surface area contributed by atoms with Crippen LogP contribution in [0.1, 0.15) is 36.4 Å². The quantitative estimate of drug-likeness (QED) is 0.825. The zero-order chi connectivity index (χ0) is 13.7. The minimum Gasteiger partial charge on any atom is -0.396 e. The van der Waals surface area contributed by atoms with E-state index >= 15 is 0 Å². The normalized spacial score (nSPS) is 17.6. The molecule has 1 aliphatic carbocycles. The fourth-order valence-corrected chi connectivity index (χ4v) is 2.83. The van der Waals surface area contributed by atoms with E-state index in [9.17, 15) is 4.79 Å². The van der Waals surface area contributed by atoms with Gasteiger partial charge in [0.1, 0.15) is 0 Å². The molecule has 1 N–H and O–H groups in total. The van der Waals surface area contributed by atoms with E-state index in [1.165, 1.54) is 17.2 Å². The summed E-state index contributed by atoms with van der Waals surface area (Å²) in [6, 6.07) is 8.46. The Hall–Kier alpha value is -1.61. The lowest BCUT2D eigenvalue weighted by Crippen LogP contribution is -2.36. The van der Waals surface area contributed by atoms with Crippen molar-refractivity contribution >= 4 is 5.91 Å². The summed E-state index contributed by atoms with van der Waals surface area (Å²) in [6.45, 7) is 4.28. The summed E-state index contributed by atoms with van der Waals surface area (Å²) in [5.74, 6) is -0.0462. The highest BCUT2D eigenvalue weighted by Gasteiger charge is 2.27. The van der Waals surface area contributed by atoms with E-state index in [1.807, 2.05) is 11.0 Å². The number of aryl methyl sites for hydroxylation is 1. The first kappa shape index (κ1) is 13.8. The molecule has 19 heavy (non-hydrogen) atoms. The van der Waals surface area contributed by atoms with E-state index in [2.05, 4.69) is 24.8 Å². The summed E-state index contributed by atoms with van der Waals surface area (Å²) in [5.41, 5.74) is 2.59. The van der Waals surface area contributed by atoms with Gasteiger partial charge >= 0.3 is 0 Å². The van der Waals surface area contributed by atoms with Crippen LogP contribution in [-0.4, -0.2) is 29.1 Å². The minimum absolute atomic E-state index is 0.0462. The zero-order valence-corrected chi connectivity index (χ0v) is 11.2. The van der Waals surface area contributed by atoms with Crippen molar-refractivity contribution in [2.75, 3.05) is 13.2 Å². The first-order chi connectivity index (χ1) is 9.27. The van der Waals surface area contributed by atoms with Crippen LogP contribution in [-0.2, 0) is 11.2 Å². The molecule has 0 fully saturated rings. The lowest BCUT2D eigenvalue weighted by Gasteiger charge is -2.35. The number of nitrogens with zero attached hydrogens (tertiary/aromatic N) is 1. The fraction of sp³-hybridized carbons (Fsp3) is 0.438. The number of fused-ring (bicyclic) bond motifs is 1. The second kappa shape index (κ2) is 6.53. The Balaban J connectivity index is 2.27. The summed E-state index contributed by atoms with van der Waals surface area (Å²) >= 11 is 0. The first-order valence-corrected chi connectivity index (χ1v) is 6.89. The Morgan fingerprint density at radius 1 is 1.47 bits per heavy atom. The van der Waals surface area contributed by atoms with E-state index in [-0.39, 0.29) is 18.6 Å². The number of rotatable bonds is 5. The molecular formula is C16H21NO2. The molecule has 1 amide bonds. The Bertz CT molecular complexity index is 456. The molecule has 3 heteroatoms. The van der Waals surface area contributed by atoms with E-state index in [4.69, 9.17) is 5.11 Å². The van der Waals surface area contributed by atoms with Crippen molar-refractivity contribution in [2.45, 2.75) is 31.7 Å². The van der Waals surface area contributed by atoms with Gasteiger partial charge in [-0.1, -0.05) is 30.8 Å². The molecule has 0 saturated carbocycles. The number of aliphatic hydroxyl groups excluding tert-OH is 1. The van der Waals surface area contributed by atoms with Crippen LogP contribution in [0.4, 0.5) is 0 Å². The van der Waals surface area contributed by atoms with Crippen molar-refractivity contribution in [1.29, 1.82) is 0 Å². The largest absolute Gasteiger partial charge is 0.396 e. The molecule has 1 atom stereocenters. The molecule has 0 spiro atoms. The second-order valence-electron chi connectivity index (χ2n) is 4.92. The number of benzene rings is 1. The van der Waals surface area contributed by atoms with Crippen LogP contribution in [0.3, 0.4) is 0 Å². The maximum absolute atomic E-state index is 12.1. The molecule has 0 aliphatic heterocycles. The van der Waals surface area contributed by atoms with Crippen molar-refractivity contribution in [1.82, 2.24) is 4.90 Å². The van der Waals surface area contributed by atoms with Gasteiger partial charge in [-0.15, -0.1) is 0 Å². The monoisotopic (exact) mass is 259 g/mol. The summed E-state index contributed by atoms with van der Waals surface area (Å²) < 4.78 is 0. The second-order valence-corrected chi connectivity index (χ2v) is 4.92. The highest BCUT2D eigenvalue weighted by molar-refractivity contribution is 5.87. The van der Waals surface area contributed by atoms with E-state index in [0.29, 0.717) is 13.0 Å². The predicted molar refractivity (Wildman–Crippen MR) is 75.7 cm³/mol. The van der Waals surface area contributed by atoms with Crippen molar-refractivity contribution in [3.63, 3.8) is 0 Å². The fourth-order valence-electron chi connectivity index (χ4n) is 2.83. The van der Waals surface area contributed by atoms with Gasteiger partial charge in [0.05, 0.1) is 6.04 Å². The molecule has 1 aromatic carbocycles. The molecule has 2 rings (SSSR count). The zero-order valence-electron chi connectivity index (χ0n) is 11.2. The lowest BCUT2D eigenvalue weighted by atomic mass is 9.86. The van der Waals surface area contributed by atoms with Gasteiger partial charge in [-0.3, -0.25) is 4.79 Å². The molecule has 0 radical (unpaired) electrons. The van der Waals surface area contributed by atoms with Crippen molar-refractivity contribution in [2.24, 2.45) is 0 Å². The minimum atomic E-state index is -0.0462. The van der Waals surface area contributed by atoms with Crippen LogP contribution >= 0.6 is 0 Å². The van der Waals surface area contributed by atoms with Crippen molar-refractivity contribution < 1.29 is 9.90 Å². The number of carbonyl (C=O) groups excluding carboxylic acids is 1. The highest BCUT2D eigenvalue weighted by atomic mass is 16.3. The summed E-state index contributed by atoms with van der Waals surface area (Å²) in [7, 11) is 0. The standard InChI is InChI=1S/C16H21NO2/c1-2-16(19)17(11-6-12-18)15-10-5-8-13-7-3-4-9-14(13)15/h2-4,7,9,15,18H,1,5-6,8,10-12H2. The molecule has 0 heterocycles. The van der Waals surface area contributed by atoms with Crippen LogP contribution in [0.25, 0.3) is 0 Å². The molecule has 1 aliphatic rings. The van der Waals surface area contributed by atoms with Gasteiger partial charge in [0.2, 0.25) is 5.91 Å². The molecule has 3 nitrogen and oxygen atoms in total. The maximum Gasteiger partial charge on any atom is 0.246 e. The Kier molecular flexibility index (Phi) is 4.74. The van der Waals surface area contributed by atoms with Crippen LogP contribution in [0.15, 0.2) is 36.9 Å². The van der Waals surface area contributed by atoms with Crippen molar-refractivity contribution in [3.05, 3.63) is 48.0 Å². The lowest BCUT2D eigenvalue weighted by molar-refractivity contribution is -0.128. The SMILES string of the molecule is C=CC(=O)N(CCCO)C1CCCc2ccccc21. The average molecular weight is 259 g/mol. The van der Waals surface area contributed by atoms with Gasteiger partial charge in [0.25, 0.3) is 0 Å². The van der Waals surface area contributed by atoms with Gasteiger partial charge in [0.15, 0.2) is 0 Å². The highest BCUT2D eigenvalue weighted by Crippen LogP contribution is 2.34. The number of carbonyl (C=O) groups is 1. The van der Waals surface area contributed by atoms with Gasteiger partial charge in [-0.2, -0.15) is 0 Å². The van der Waals surface area contributed by atoms with E-state index in [0.717, 1.165) is 19.3 Å². The summed E-state index contributed by atoms with van der Waals surface area (Å²) in [4.78, 5) is 13.9. The Labute approximate surface area is 114 Å². The molecule has 0 saturated heterocycles. The smallest absolute Gasteiger partial charge is 0.246 e. The predicted octanol–water partition coefficient (Wildman–Crippen LogP) is 2.46. The number of aliphatic hydroxyl groups is 1. The van der Waals surface area contributed by atoms with Crippen molar-refractivity contribution in [3.8, 4) is 0 Å². The molecule has 1 aromatic rings. The third kappa shape index (κ3) is 3.04. The van der Waals surface area contributed by atoms with Crippen LogP contribution < -0.4 is 0 Å². The van der Waals surface area contributed by atoms with Gasteiger partial charge in [0, 0.05) is 13.2 Å².